The van der Waals surface area contributed by atoms with E-state index in [-0.39, 0.29) is 12.4 Å². The molecule has 14 heavy (non-hydrogen) atoms. The van der Waals surface area contributed by atoms with Gasteiger partial charge in [0.1, 0.15) is 0 Å². The average Bonchev–Trinajstić information content (AvgIpc) is 2.53. The first kappa shape index (κ1) is 11.3. The van der Waals surface area contributed by atoms with Crippen LogP contribution >= 0.6 is 12.4 Å². The molecule has 2 rings (SSSR count). The SMILES string of the molecule is Cl.NC1CCC(c2noc(=O)[nH]2)CC1. The summed E-state index contributed by atoms with van der Waals surface area (Å²) in [6.45, 7) is 0. The van der Waals surface area contributed by atoms with Gasteiger partial charge in [0.15, 0.2) is 5.82 Å². The summed E-state index contributed by atoms with van der Waals surface area (Å²) in [6, 6.07) is 0.315. The Kier molecular flexibility index (Phi) is 3.71. The lowest BCUT2D eigenvalue weighted by atomic mass is 9.86. The van der Waals surface area contributed by atoms with E-state index in [1.807, 2.05) is 0 Å². The van der Waals surface area contributed by atoms with Crippen LogP contribution in [-0.4, -0.2) is 16.2 Å². The first-order valence-electron chi connectivity index (χ1n) is 4.57. The van der Waals surface area contributed by atoms with Gasteiger partial charge in [-0.05, 0) is 25.7 Å². The Hall–Kier alpha value is -0.810. The van der Waals surface area contributed by atoms with Crippen molar-refractivity contribution >= 4 is 12.4 Å². The van der Waals surface area contributed by atoms with Crippen LogP contribution in [0.15, 0.2) is 9.32 Å². The van der Waals surface area contributed by atoms with Gasteiger partial charge >= 0.3 is 5.76 Å². The first-order valence-corrected chi connectivity index (χ1v) is 4.57. The molecule has 1 saturated carbocycles. The van der Waals surface area contributed by atoms with E-state index in [2.05, 4.69) is 14.7 Å². The van der Waals surface area contributed by atoms with Crippen LogP contribution in [0.3, 0.4) is 0 Å². The lowest BCUT2D eigenvalue weighted by molar-refractivity contribution is 0.351. The van der Waals surface area contributed by atoms with Gasteiger partial charge in [-0.3, -0.25) is 9.51 Å². The molecule has 0 amide bonds. The third-order valence-electron chi connectivity index (χ3n) is 2.62. The molecule has 80 valence electrons. The highest BCUT2D eigenvalue weighted by Crippen LogP contribution is 2.29. The van der Waals surface area contributed by atoms with E-state index in [0.29, 0.717) is 17.8 Å². The van der Waals surface area contributed by atoms with E-state index < -0.39 is 5.76 Å². The molecular weight excluding hydrogens is 206 g/mol. The fourth-order valence-corrected chi connectivity index (χ4v) is 1.81. The largest absolute Gasteiger partial charge is 0.438 e. The zero-order chi connectivity index (χ0) is 9.26. The van der Waals surface area contributed by atoms with E-state index in [1.165, 1.54) is 0 Å². The number of hydrogen-bond acceptors (Lipinski definition) is 4. The van der Waals surface area contributed by atoms with Crippen LogP contribution in [0.25, 0.3) is 0 Å². The zero-order valence-corrected chi connectivity index (χ0v) is 8.55. The van der Waals surface area contributed by atoms with Crippen molar-refractivity contribution in [3.8, 4) is 0 Å². The van der Waals surface area contributed by atoms with Crippen molar-refractivity contribution in [2.75, 3.05) is 0 Å². The molecule has 0 radical (unpaired) electrons. The molecule has 6 heteroatoms. The predicted octanol–water partition coefficient (Wildman–Crippen LogP) is 0.770. The van der Waals surface area contributed by atoms with Crippen LogP contribution in [0.5, 0.6) is 0 Å². The molecule has 0 unspecified atom stereocenters. The van der Waals surface area contributed by atoms with Crippen molar-refractivity contribution in [1.82, 2.24) is 10.1 Å². The molecule has 1 aliphatic rings. The van der Waals surface area contributed by atoms with Crippen molar-refractivity contribution in [2.24, 2.45) is 5.73 Å². The summed E-state index contributed by atoms with van der Waals surface area (Å²) in [5, 5.41) is 3.68. The number of nitrogens with one attached hydrogen (secondary N) is 1. The summed E-state index contributed by atoms with van der Waals surface area (Å²) < 4.78 is 4.45. The van der Waals surface area contributed by atoms with Crippen LogP contribution in [0.4, 0.5) is 0 Å². The van der Waals surface area contributed by atoms with Gasteiger partial charge in [0.25, 0.3) is 0 Å². The monoisotopic (exact) mass is 219 g/mol. The van der Waals surface area contributed by atoms with E-state index in [4.69, 9.17) is 5.73 Å². The lowest BCUT2D eigenvalue weighted by Gasteiger charge is -2.23. The molecule has 0 atom stereocenters. The number of hydrogen-bond donors (Lipinski definition) is 2. The number of nitrogens with two attached hydrogens (primary N) is 1. The maximum Gasteiger partial charge on any atom is 0.438 e. The van der Waals surface area contributed by atoms with Gasteiger partial charge < -0.3 is 5.73 Å². The van der Waals surface area contributed by atoms with E-state index in [9.17, 15) is 4.79 Å². The second kappa shape index (κ2) is 4.61. The number of aromatic nitrogens is 2. The van der Waals surface area contributed by atoms with Crippen LogP contribution < -0.4 is 11.5 Å². The van der Waals surface area contributed by atoms with Gasteiger partial charge in [0.2, 0.25) is 0 Å². The molecule has 1 aromatic heterocycles. The fraction of sp³-hybridized carbons (Fsp3) is 0.750. The van der Waals surface area contributed by atoms with Gasteiger partial charge in [-0.15, -0.1) is 12.4 Å². The zero-order valence-electron chi connectivity index (χ0n) is 7.73. The van der Waals surface area contributed by atoms with Crippen molar-refractivity contribution in [1.29, 1.82) is 0 Å². The average molecular weight is 220 g/mol. The number of rotatable bonds is 1. The Labute approximate surface area is 87.5 Å². The molecular formula is C8H14ClN3O2. The van der Waals surface area contributed by atoms with Crippen LogP contribution in [0, 0.1) is 0 Å². The smallest absolute Gasteiger partial charge is 0.328 e. The van der Waals surface area contributed by atoms with Gasteiger partial charge in [0.05, 0.1) is 0 Å². The fourth-order valence-electron chi connectivity index (χ4n) is 1.81. The van der Waals surface area contributed by atoms with Gasteiger partial charge in [-0.1, -0.05) is 5.16 Å². The van der Waals surface area contributed by atoms with E-state index in [0.717, 1.165) is 25.7 Å². The molecule has 0 saturated heterocycles. The summed E-state index contributed by atoms with van der Waals surface area (Å²) in [4.78, 5) is 13.3. The number of nitrogens with zero attached hydrogens (tertiary/aromatic N) is 1. The summed E-state index contributed by atoms with van der Waals surface area (Å²) in [7, 11) is 0. The number of H-pyrrole nitrogens is 1. The standard InChI is InChI=1S/C8H13N3O2.ClH/c9-6-3-1-5(2-4-6)7-10-8(12)13-11-7;/h5-6H,1-4,9H2,(H,10,11,12);1H. The molecule has 1 aromatic rings. The highest BCUT2D eigenvalue weighted by molar-refractivity contribution is 5.85. The minimum Gasteiger partial charge on any atom is -0.328 e. The second-order valence-electron chi connectivity index (χ2n) is 3.59. The van der Waals surface area contributed by atoms with Gasteiger partial charge in [-0.2, -0.15) is 0 Å². The van der Waals surface area contributed by atoms with Gasteiger partial charge in [0, 0.05) is 12.0 Å². The first-order chi connectivity index (χ1) is 6.25. The Bertz CT molecular complexity index is 327. The van der Waals surface area contributed by atoms with Crippen LogP contribution in [0.1, 0.15) is 37.4 Å². The maximum absolute atomic E-state index is 10.7. The van der Waals surface area contributed by atoms with Crippen molar-refractivity contribution < 1.29 is 4.52 Å². The van der Waals surface area contributed by atoms with Crippen molar-refractivity contribution in [3.63, 3.8) is 0 Å². The molecule has 0 aliphatic heterocycles. The molecule has 0 aromatic carbocycles. The summed E-state index contributed by atoms with van der Waals surface area (Å²) in [6.07, 6.45) is 3.98. The summed E-state index contributed by atoms with van der Waals surface area (Å²) in [5.74, 6) is 0.535. The Morgan fingerprint density at radius 1 is 1.36 bits per heavy atom. The summed E-state index contributed by atoms with van der Waals surface area (Å²) >= 11 is 0. The topological polar surface area (TPSA) is 84.9 Å². The highest BCUT2D eigenvalue weighted by atomic mass is 35.5. The molecule has 0 bridgehead atoms. The Morgan fingerprint density at radius 3 is 2.50 bits per heavy atom. The lowest BCUT2D eigenvalue weighted by Crippen LogP contribution is -2.26. The molecule has 1 heterocycles. The third-order valence-corrected chi connectivity index (χ3v) is 2.62. The second-order valence-corrected chi connectivity index (χ2v) is 3.59. The Balaban J connectivity index is 0.000000980. The van der Waals surface area contributed by atoms with Crippen LogP contribution in [0.2, 0.25) is 0 Å². The minimum atomic E-state index is -0.468. The molecule has 1 aliphatic carbocycles. The quantitative estimate of drug-likeness (QED) is 0.731. The van der Waals surface area contributed by atoms with Gasteiger partial charge in [-0.25, -0.2) is 4.79 Å². The van der Waals surface area contributed by atoms with Crippen LogP contribution in [-0.2, 0) is 0 Å². The van der Waals surface area contributed by atoms with Crippen molar-refractivity contribution in [3.05, 3.63) is 16.4 Å². The molecule has 3 N–H and O–H groups in total. The molecule has 5 nitrogen and oxygen atoms in total. The third kappa shape index (κ3) is 2.36. The summed E-state index contributed by atoms with van der Waals surface area (Å²) in [5.41, 5.74) is 5.76. The normalized spacial score (nSPS) is 26.9. The van der Waals surface area contributed by atoms with Crippen molar-refractivity contribution in [2.45, 2.75) is 37.6 Å². The molecule has 1 fully saturated rings. The maximum atomic E-state index is 10.7. The number of aromatic amines is 1. The van der Waals surface area contributed by atoms with E-state index >= 15 is 0 Å². The molecule has 0 spiro atoms. The van der Waals surface area contributed by atoms with E-state index in [1.54, 1.807) is 0 Å². The highest BCUT2D eigenvalue weighted by Gasteiger charge is 2.22. The minimum absolute atomic E-state index is 0. The number of halogens is 1. The predicted molar refractivity (Wildman–Crippen MR) is 53.6 cm³/mol. The Morgan fingerprint density at radius 2 is 2.00 bits per heavy atom.